The van der Waals surface area contributed by atoms with Crippen molar-refractivity contribution in [3.63, 3.8) is 0 Å². The number of rotatable bonds is 0. The molecule has 1 heterocycles. The molecule has 22 heavy (non-hydrogen) atoms. The Morgan fingerprint density at radius 3 is 1.64 bits per heavy atom. The summed E-state index contributed by atoms with van der Waals surface area (Å²) in [5.41, 5.74) is 0. The Morgan fingerprint density at radius 2 is 1.14 bits per heavy atom. The van der Waals surface area contributed by atoms with Gasteiger partial charge in [0.2, 0.25) is 0 Å². The summed E-state index contributed by atoms with van der Waals surface area (Å²) in [5, 5.41) is 1.87. The molecule has 1 aromatic rings. The van der Waals surface area contributed by atoms with E-state index in [9.17, 15) is 0 Å². The van der Waals surface area contributed by atoms with E-state index >= 15 is 0 Å². The van der Waals surface area contributed by atoms with Crippen molar-refractivity contribution in [2.45, 2.75) is 58.8 Å². The minimum Gasteiger partial charge on any atom is -0.157 e. The van der Waals surface area contributed by atoms with E-state index in [0.29, 0.717) is 0 Å². The van der Waals surface area contributed by atoms with E-state index in [1.165, 1.54) is 71.3 Å². The molecule has 0 spiro atoms. The van der Waals surface area contributed by atoms with Crippen LogP contribution in [-0.4, -0.2) is 33.5 Å². The lowest BCUT2D eigenvalue weighted by Gasteiger charge is -2.31. The van der Waals surface area contributed by atoms with Crippen LogP contribution in [0.1, 0.15) is 38.5 Å². The Labute approximate surface area is 152 Å². The lowest BCUT2D eigenvalue weighted by Crippen LogP contribution is -2.25. The van der Waals surface area contributed by atoms with Gasteiger partial charge in [0.05, 0.1) is 0 Å². The van der Waals surface area contributed by atoms with Crippen molar-refractivity contribution in [2.75, 3.05) is 23.0 Å². The highest BCUT2D eigenvalue weighted by molar-refractivity contribution is 8.04. The first-order valence-electron chi connectivity index (χ1n) is 8.51. The third-order valence-electron chi connectivity index (χ3n) is 4.25. The summed E-state index contributed by atoms with van der Waals surface area (Å²) in [6.07, 6.45) is 8.56. The first kappa shape index (κ1) is 17.4. The van der Waals surface area contributed by atoms with Crippen LogP contribution in [0.15, 0.2) is 34.1 Å². The minimum absolute atomic E-state index is 0.937. The second kappa shape index (κ2) is 9.80. The van der Waals surface area contributed by atoms with Gasteiger partial charge in [0.15, 0.2) is 0 Å². The van der Waals surface area contributed by atoms with Crippen molar-refractivity contribution in [3.05, 3.63) is 24.3 Å². The zero-order valence-electron chi connectivity index (χ0n) is 13.2. The number of benzene rings is 1. The van der Waals surface area contributed by atoms with E-state index < -0.39 is 0 Å². The molecule has 122 valence electrons. The van der Waals surface area contributed by atoms with Gasteiger partial charge in [0, 0.05) is 20.3 Å². The van der Waals surface area contributed by atoms with E-state index in [0.717, 1.165) is 10.5 Å². The van der Waals surface area contributed by atoms with Gasteiger partial charge in [-0.25, -0.2) is 0 Å². The van der Waals surface area contributed by atoms with Gasteiger partial charge in [0.25, 0.3) is 0 Å². The predicted molar refractivity (Wildman–Crippen MR) is 108 cm³/mol. The molecule has 2 atom stereocenters. The summed E-state index contributed by atoms with van der Waals surface area (Å²) >= 11 is 8.67. The van der Waals surface area contributed by atoms with Gasteiger partial charge in [-0.1, -0.05) is 25.0 Å². The highest BCUT2D eigenvalue weighted by Gasteiger charge is 2.25. The second-order valence-electron chi connectivity index (χ2n) is 5.95. The van der Waals surface area contributed by atoms with E-state index in [2.05, 4.69) is 71.3 Å². The Morgan fingerprint density at radius 1 is 0.636 bits per heavy atom. The van der Waals surface area contributed by atoms with Gasteiger partial charge in [-0.2, -0.15) is 23.5 Å². The molecule has 1 aliphatic heterocycles. The Balaban J connectivity index is 1.59. The first-order valence-corrected chi connectivity index (χ1v) is 12.6. The lowest BCUT2D eigenvalue weighted by atomic mass is 10.00. The smallest absolute Gasteiger partial charge is 0.0208 e. The van der Waals surface area contributed by atoms with Gasteiger partial charge in [-0.15, -0.1) is 23.5 Å². The number of fused-ring (bicyclic) bond motifs is 2. The topological polar surface area (TPSA) is 0 Å². The highest BCUT2D eigenvalue weighted by Crippen LogP contribution is 2.38. The maximum Gasteiger partial charge on any atom is 0.0208 e. The second-order valence-corrected chi connectivity index (χ2v) is 10.9. The largest absolute Gasteiger partial charge is 0.157 e. The van der Waals surface area contributed by atoms with Gasteiger partial charge >= 0.3 is 0 Å². The fraction of sp³-hybridized carbons (Fsp3) is 0.667. The number of thioether (sulfide) groups is 4. The Bertz CT molecular complexity index is 407. The zero-order valence-corrected chi connectivity index (χ0v) is 16.4. The van der Waals surface area contributed by atoms with E-state index in [4.69, 9.17) is 0 Å². The number of hydrogen-bond acceptors (Lipinski definition) is 4. The molecule has 0 saturated heterocycles. The SMILES string of the molecule is c1ccc2c(c1)SCCCS[C@H]1CCCC[C@H]1SCCCS2. The third kappa shape index (κ3) is 5.32. The van der Waals surface area contributed by atoms with Crippen LogP contribution in [-0.2, 0) is 0 Å². The van der Waals surface area contributed by atoms with Crippen LogP contribution in [0.4, 0.5) is 0 Å². The summed E-state index contributed by atoms with van der Waals surface area (Å²) in [5.74, 6) is 5.25. The molecule has 4 heteroatoms. The van der Waals surface area contributed by atoms with Crippen LogP contribution in [0.3, 0.4) is 0 Å². The molecule has 1 saturated carbocycles. The molecule has 1 fully saturated rings. The molecule has 0 nitrogen and oxygen atoms in total. The number of hydrogen-bond donors (Lipinski definition) is 0. The summed E-state index contributed by atoms with van der Waals surface area (Å²) in [6, 6.07) is 8.98. The predicted octanol–water partition coefficient (Wildman–Crippen LogP) is 6.44. The monoisotopic (exact) mass is 370 g/mol. The zero-order chi connectivity index (χ0) is 15.0. The van der Waals surface area contributed by atoms with Crippen LogP contribution in [0.25, 0.3) is 0 Å². The molecule has 3 rings (SSSR count). The first-order chi connectivity index (χ1) is 10.9. The maximum absolute atomic E-state index is 2.30. The molecule has 2 aliphatic rings. The fourth-order valence-corrected chi connectivity index (χ4v) is 8.66. The third-order valence-corrected chi connectivity index (χ3v) is 9.90. The van der Waals surface area contributed by atoms with Crippen molar-refractivity contribution in [1.29, 1.82) is 0 Å². The van der Waals surface area contributed by atoms with Gasteiger partial charge < -0.3 is 0 Å². The standard InChI is InChI=1S/C18H26S4/c1-2-8-16-15(7-1)19-11-5-13-21-17-9-3-4-10-18(17)22-14-6-12-20-16/h1-2,7-8,17-18H,3-6,9-14H2/t17-,18+. The lowest BCUT2D eigenvalue weighted by molar-refractivity contribution is 0.527. The summed E-state index contributed by atoms with van der Waals surface area (Å²) in [6.45, 7) is 0. The van der Waals surface area contributed by atoms with Gasteiger partial charge in [-0.3, -0.25) is 0 Å². The minimum atomic E-state index is 0.937. The normalized spacial score (nSPS) is 28.2. The average Bonchev–Trinajstić information content (AvgIpc) is 2.56. The molecule has 0 N–H and O–H groups in total. The van der Waals surface area contributed by atoms with Gasteiger partial charge in [0.1, 0.15) is 0 Å². The molecule has 0 aromatic heterocycles. The molecule has 0 radical (unpaired) electrons. The van der Waals surface area contributed by atoms with Crippen LogP contribution in [0.2, 0.25) is 0 Å². The molecular formula is C18H26S4. The van der Waals surface area contributed by atoms with Crippen molar-refractivity contribution in [2.24, 2.45) is 0 Å². The Hall–Kier alpha value is 0.620. The van der Waals surface area contributed by atoms with Crippen molar-refractivity contribution >= 4 is 47.0 Å². The summed E-state index contributed by atoms with van der Waals surface area (Å²) < 4.78 is 0. The molecule has 1 aliphatic carbocycles. The highest BCUT2D eigenvalue weighted by atomic mass is 32.2. The van der Waals surface area contributed by atoms with E-state index in [-0.39, 0.29) is 0 Å². The van der Waals surface area contributed by atoms with Crippen molar-refractivity contribution < 1.29 is 0 Å². The summed E-state index contributed by atoms with van der Waals surface area (Å²) in [4.78, 5) is 3.00. The summed E-state index contributed by atoms with van der Waals surface area (Å²) in [7, 11) is 0. The quantitative estimate of drug-likeness (QED) is 0.515. The molecular weight excluding hydrogens is 344 g/mol. The maximum atomic E-state index is 2.30. The molecule has 0 bridgehead atoms. The molecule has 1 aromatic carbocycles. The van der Waals surface area contributed by atoms with Crippen LogP contribution < -0.4 is 0 Å². The van der Waals surface area contributed by atoms with E-state index in [1.807, 2.05) is 0 Å². The van der Waals surface area contributed by atoms with Crippen molar-refractivity contribution in [3.8, 4) is 0 Å². The van der Waals surface area contributed by atoms with Crippen LogP contribution in [0.5, 0.6) is 0 Å². The average molecular weight is 371 g/mol. The Kier molecular flexibility index (Phi) is 7.77. The van der Waals surface area contributed by atoms with Crippen LogP contribution >= 0.6 is 47.0 Å². The molecule has 0 unspecified atom stereocenters. The molecule has 0 amide bonds. The fourth-order valence-electron chi connectivity index (χ4n) is 3.08. The van der Waals surface area contributed by atoms with Crippen LogP contribution in [0, 0.1) is 0 Å². The van der Waals surface area contributed by atoms with E-state index in [1.54, 1.807) is 0 Å². The van der Waals surface area contributed by atoms with Crippen molar-refractivity contribution in [1.82, 2.24) is 0 Å². The van der Waals surface area contributed by atoms with Gasteiger partial charge in [-0.05, 0) is 60.8 Å².